The summed E-state index contributed by atoms with van der Waals surface area (Å²) in [4.78, 5) is 17.9. The lowest BCUT2D eigenvalue weighted by Crippen LogP contribution is -2.53. The summed E-state index contributed by atoms with van der Waals surface area (Å²) in [5, 5.41) is 9.58. The van der Waals surface area contributed by atoms with Gasteiger partial charge in [0, 0.05) is 23.4 Å². The van der Waals surface area contributed by atoms with Crippen LogP contribution in [0.25, 0.3) is 11.5 Å². The largest absolute Gasteiger partial charge is 0.465 e. The van der Waals surface area contributed by atoms with Crippen molar-refractivity contribution in [3.8, 4) is 11.5 Å². The standard InChI is InChI=1S/C24H22F6N2O4/c1-4-32(18-10-8-17(9-11-18)22(34,23(25,26)27)24(28,29)30)13-19-14(2)36-20(31-19)15-6-5-7-16(12-15)21(33)35-3/h5-12,34H,4,13H2,1-3H3. The Kier molecular flexibility index (Phi) is 7.40. The summed E-state index contributed by atoms with van der Waals surface area (Å²) in [7, 11) is 1.25. The second-order valence-corrected chi connectivity index (χ2v) is 7.86. The number of aryl methyl sites for hydroxylation is 1. The van der Waals surface area contributed by atoms with Crippen molar-refractivity contribution in [2.24, 2.45) is 0 Å². The monoisotopic (exact) mass is 516 g/mol. The van der Waals surface area contributed by atoms with Crippen LogP contribution in [-0.2, 0) is 16.9 Å². The van der Waals surface area contributed by atoms with Crippen LogP contribution in [-0.4, -0.2) is 42.1 Å². The first kappa shape index (κ1) is 27.1. The zero-order valence-corrected chi connectivity index (χ0v) is 19.4. The normalized spacial score (nSPS) is 12.5. The molecular formula is C24H22F6N2O4. The van der Waals surface area contributed by atoms with E-state index in [1.54, 1.807) is 43.0 Å². The zero-order chi connectivity index (χ0) is 26.9. The SMILES string of the molecule is CCN(Cc1nc(-c2cccc(C(=O)OC)c2)oc1C)c1ccc(C(O)(C(F)(F)F)C(F)(F)F)cc1. The Morgan fingerprint density at radius 3 is 2.19 bits per heavy atom. The van der Waals surface area contributed by atoms with Crippen LogP contribution in [0.2, 0.25) is 0 Å². The number of ether oxygens (including phenoxy) is 1. The number of halogens is 6. The fourth-order valence-corrected chi connectivity index (χ4v) is 3.56. The lowest BCUT2D eigenvalue weighted by molar-refractivity contribution is -0.376. The molecule has 0 bridgehead atoms. The van der Waals surface area contributed by atoms with Gasteiger partial charge in [0.05, 0.1) is 19.2 Å². The minimum atomic E-state index is -5.96. The molecule has 0 atom stereocenters. The molecule has 0 aliphatic rings. The van der Waals surface area contributed by atoms with Crippen LogP contribution in [0.3, 0.4) is 0 Å². The Morgan fingerprint density at radius 2 is 1.67 bits per heavy atom. The number of aliphatic hydroxyl groups is 1. The molecule has 0 aliphatic heterocycles. The van der Waals surface area contributed by atoms with Gasteiger partial charge in [-0.15, -0.1) is 0 Å². The Labute approximate surface area is 202 Å². The van der Waals surface area contributed by atoms with Crippen LogP contribution in [0.1, 0.15) is 34.3 Å². The number of anilines is 1. The lowest BCUT2D eigenvalue weighted by atomic mass is 9.92. The highest BCUT2D eigenvalue weighted by molar-refractivity contribution is 5.90. The van der Waals surface area contributed by atoms with Crippen LogP contribution in [0.15, 0.2) is 52.9 Å². The van der Waals surface area contributed by atoms with Crippen molar-refractivity contribution < 1.29 is 45.4 Å². The van der Waals surface area contributed by atoms with E-state index in [4.69, 9.17) is 9.15 Å². The number of nitrogens with zero attached hydrogens (tertiary/aromatic N) is 2. The first-order valence-electron chi connectivity index (χ1n) is 10.6. The average molecular weight is 516 g/mol. The Balaban J connectivity index is 1.88. The van der Waals surface area contributed by atoms with Crippen LogP contribution >= 0.6 is 0 Å². The Bertz CT molecular complexity index is 1200. The van der Waals surface area contributed by atoms with E-state index < -0.39 is 29.5 Å². The number of carbonyl (C=O) groups excluding carboxylic acids is 1. The van der Waals surface area contributed by atoms with Gasteiger partial charge in [-0.05, 0) is 44.2 Å². The second kappa shape index (κ2) is 9.84. The van der Waals surface area contributed by atoms with E-state index in [0.717, 1.165) is 12.1 Å². The number of hydrogen-bond acceptors (Lipinski definition) is 6. The van der Waals surface area contributed by atoms with E-state index in [1.807, 2.05) is 0 Å². The van der Waals surface area contributed by atoms with E-state index in [9.17, 15) is 36.2 Å². The second-order valence-electron chi connectivity index (χ2n) is 7.86. The molecule has 6 nitrogen and oxygen atoms in total. The third-order valence-electron chi connectivity index (χ3n) is 5.62. The van der Waals surface area contributed by atoms with Gasteiger partial charge >= 0.3 is 18.3 Å². The number of rotatable bonds is 7. The highest BCUT2D eigenvalue weighted by atomic mass is 19.4. The number of benzene rings is 2. The van der Waals surface area contributed by atoms with Crippen LogP contribution in [0.5, 0.6) is 0 Å². The number of carbonyl (C=O) groups is 1. The molecule has 0 spiro atoms. The van der Waals surface area contributed by atoms with Gasteiger partial charge in [-0.1, -0.05) is 18.2 Å². The number of methoxy groups -OCH3 is 1. The van der Waals surface area contributed by atoms with Crippen LogP contribution in [0.4, 0.5) is 32.0 Å². The highest BCUT2D eigenvalue weighted by Crippen LogP contribution is 2.50. The summed E-state index contributed by atoms with van der Waals surface area (Å²) >= 11 is 0. The zero-order valence-electron chi connectivity index (χ0n) is 19.4. The van der Waals surface area contributed by atoms with Gasteiger partial charge in [-0.3, -0.25) is 0 Å². The van der Waals surface area contributed by atoms with Gasteiger partial charge in [0.2, 0.25) is 5.89 Å². The molecule has 0 radical (unpaired) electrons. The fourth-order valence-electron chi connectivity index (χ4n) is 3.56. The molecule has 1 N–H and O–H groups in total. The molecule has 0 unspecified atom stereocenters. The van der Waals surface area contributed by atoms with Gasteiger partial charge < -0.3 is 19.2 Å². The van der Waals surface area contributed by atoms with Crippen molar-refractivity contribution in [1.29, 1.82) is 0 Å². The maximum absolute atomic E-state index is 13.2. The third kappa shape index (κ3) is 5.03. The summed E-state index contributed by atoms with van der Waals surface area (Å²) < 4.78 is 89.3. The summed E-state index contributed by atoms with van der Waals surface area (Å²) in [6.45, 7) is 3.86. The Hall–Kier alpha value is -3.54. The fraction of sp³-hybridized carbons (Fsp3) is 0.333. The van der Waals surface area contributed by atoms with Gasteiger partial charge in [-0.25, -0.2) is 9.78 Å². The summed E-state index contributed by atoms with van der Waals surface area (Å²) in [6, 6.07) is 9.74. The predicted molar refractivity (Wildman–Crippen MR) is 117 cm³/mol. The maximum Gasteiger partial charge on any atom is 0.430 e. The molecule has 3 rings (SSSR count). The number of aromatic nitrogens is 1. The number of esters is 1. The first-order valence-corrected chi connectivity index (χ1v) is 10.6. The van der Waals surface area contributed by atoms with E-state index in [2.05, 4.69) is 4.98 Å². The minimum absolute atomic E-state index is 0.130. The van der Waals surface area contributed by atoms with Crippen molar-refractivity contribution in [3.05, 3.63) is 71.1 Å². The smallest absolute Gasteiger partial charge is 0.430 e. The van der Waals surface area contributed by atoms with Gasteiger partial charge in [0.1, 0.15) is 11.5 Å². The molecule has 0 aliphatic carbocycles. The quantitative estimate of drug-likeness (QED) is 0.317. The molecule has 1 aromatic heterocycles. The number of alkyl halides is 6. The minimum Gasteiger partial charge on any atom is -0.465 e. The van der Waals surface area contributed by atoms with Gasteiger partial charge in [0.15, 0.2) is 0 Å². The first-order chi connectivity index (χ1) is 16.7. The summed E-state index contributed by atoms with van der Waals surface area (Å²) in [5.41, 5.74) is -4.75. The molecule has 0 saturated heterocycles. The molecule has 3 aromatic rings. The molecule has 12 heteroatoms. The van der Waals surface area contributed by atoms with E-state index in [-0.39, 0.29) is 12.4 Å². The molecule has 0 fully saturated rings. The topological polar surface area (TPSA) is 75.8 Å². The maximum atomic E-state index is 13.2. The van der Waals surface area contributed by atoms with Crippen molar-refractivity contribution in [1.82, 2.24) is 4.98 Å². The summed E-state index contributed by atoms with van der Waals surface area (Å²) in [6.07, 6.45) is -11.9. The van der Waals surface area contributed by atoms with Crippen LogP contribution < -0.4 is 4.90 Å². The predicted octanol–water partition coefficient (Wildman–Crippen LogP) is 5.78. The molecule has 36 heavy (non-hydrogen) atoms. The molecule has 1 heterocycles. The van der Waals surface area contributed by atoms with E-state index in [1.165, 1.54) is 7.11 Å². The number of oxazole rings is 1. The van der Waals surface area contributed by atoms with Crippen molar-refractivity contribution in [3.63, 3.8) is 0 Å². The van der Waals surface area contributed by atoms with Crippen molar-refractivity contribution >= 4 is 11.7 Å². The number of hydrogen-bond donors (Lipinski definition) is 1. The molecule has 0 saturated carbocycles. The van der Waals surface area contributed by atoms with Crippen LogP contribution in [0, 0.1) is 6.92 Å². The molecule has 2 aromatic carbocycles. The van der Waals surface area contributed by atoms with Crippen molar-refractivity contribution in [2.75, 3.05) is 18.6 Å². The van der Waals surface area contributed by atoms with Gasteiger partial charge in [0.25, 0.3) is 5.60 Å². The summed E-state index contributed by atoms with van der Waals surface area (Å²) in [5.74, 6) is 0.121. The van der Waals surface area contributed by atoms with Crippen molar-refractivity contribution in [2.45, 2.75) is 38.3 Å². The lowest BCUT2D eigenvalue weighted by Gasteiger charge is -2.33. The highest BCUT2D eigenvalue weighted by Gasteiger charge is 2.71. The Morgan fingerprint density at radius 1 is 1.06 bits per heavy atom. The van der Waals surface area contributed by atoms with E-state index in [0.29, 0.717) is 46.9 Å². The molecule has 0 amide bonds. The van der Waals surface area contributed by atoms with Gasteiger partial charge in [-0.2, -0.15) is 26.3 Å². The third-order valence-corrected chi connectivity index (χ3v) is 5.62. The molecule has 194 valence electrons. The van der Waals surface area contributed by atoms with E-state index >= 15 is 0 Å². The molecular weight excluding hydrogens is 494 g/mol. The average Bonchev–Trinajstić information content (AvgIpc) is 3.20.